The number of rotatable bonds is 4. The predicted octanol–water partition coefficient (Wildman–Crippen LogP) is 7.29. The van der Waals surface area contributed by atoms with Crippen LogP contribution < -0.4 is 0 Å². The molecule has 3 nitrogen and oxygen atoms in total. The molecule has 0 fully saturated rings. The van der Waals surface area contributed by atoms with Gasteiger partial charge in [0.2, 0.25) is 0 Å². The second-order valence-electron chi connectivity index (χ2n) is 6.84. The molecular weight excluding hydrogens is 471 g/mol. The van der Waals surface area contributed by atoms with Crippen molar-refractivity contribution in [2.75, 3.05) is 0 Å². The molecule has 0 amide bonds. The molecule has 4 rings (SSSR count). The summed E-state index contributed by atoms with van der Waals surface area (Å²) in [6, 6.07) is 22.3. The molecule has 31 heavy (non-hydrogen) atoms. The molecule has 156 valence electrons. The predicted molar refractivity (Wildman–Crippen MR) is 116 cm³/mol. The molecule has 7 heteroatoms. The number of halogens is 4. The SMILES string of the molecule is O=C(O)c1ccc(-c2ccc(-c3ccc(Br)cc3)n2-c2ccccc2C(F)(F)F)cc1. The number of carboxylic acids is 1. The minimum Gasteiger partial charge on any atom is -0.478 e. The Bertz CT molecular complexity index is 1240. The van der Waals surface area contributed by atoms with Gasteiger partial charge in [-0.15, -0.1) is 0 Å². The van der Waals surface area contributed by atoms with Crippen LogP contribution in [0.25, 0.3) is 28.2 Å². The summed E-state index contributed by atoms with van der Waals surface area (Å²) in [4.78, 5) is 11.2. The lowest BCUT2D eigenvalue weighted by Crippen LogP contribution is -2.12. The molecule has 0 unspecified atom stereocenters. The Kier molecular flexibility index (Phi) is 5.45. The summed E-state index contributed by atoms with van der Waals surface area (Å²) in [7, 11) is 0. The molecule has 0 aliphatic rings. The van der Waals surface area contributed by atoms with Crippen LogP contribution >= 0.6 is 15.9 Å². The van der Waals surface area contributed by atoms with Crippen LogP contribution in [-0.2, 0) is 6.18 Å². The van der Waals surface area contributed by atoms with Crippen LogP contribution in [0.1, 0.15) is 15.9 Å². The van der Waals surface area contributed by atoms with Crippen molar-refractivity contribution in [2.45, 2.75) is 6.18 Å². The summed E-state index contributed by atoms with van der Waals surface area (Å²) in [5, 5.41) is 9.15. The van der Waals surface area contributed by atoms with Gasteiger partial charge in [0, 0.05) is 4.47 Å². The molecule has 3 aromatic carbocycles. The van der Waals surface area contributed by atoms with E-state index >= 15 is 0 Å². The average molecular weight is 486 g/mol. The topological polar surface area (TPSA) is 42.2 Å². The van der Waals surface area contributed by atoms with Crippen LogP contribution in [0.2, 0.25) is 0 Å². The van der Waals surface area contributed by atoms with Crippen molar-refractivity contribution in [3.8, 4) is 28.2 Å². The van der Waals surface area contributed by atoms with Gasteiger partial charge in [0.25, 0.3) is 0 Å². The van der Waals surface area contributed by atoms with E-state index in [1.54, 1.807) is 34.9 Å². The molecule has 4 aromatic rings. The highest BCUT2D eigenvalue weighted by molar-refractivity contribution is 9.10. The minimum atomic E-state index is -4.54. The second-order valence-corrected chi connectivity index (χ2v) is 7.76. The number of para-hydroxylation sites is 1. The third-order valence-electron chi connectivity index (χ3n) is 4.90. The van der Waals surface area contributed by atoms with Gasteiger partial charge in [-0.3, -0.25) is 0 Å². The van der Waals surface area contributed by atoms with Gasteiger partial charge in [-0.1, -0.05) is 52.3 Å². The van der Waals surface area contributed by atoms with E-state index in [4.69, 9.17) is 5.11 Å². The molecule has 0 radical (unpaired) electrons. The van der Waals surface area contributed by atoms with E-state index in [0.717, 1.165) is 16.1 Å². The van der Waals surface area contributed by atoms with Gasteiger partial charge in [0.05, 0.1) is 28.2 Å². The van der Waals surface area contributed by atoms with Crippen LogP contribution in [0.5, 0.6) is 0 Å². The molecule has 1 heterocycles. The van der Waals surface area contributed by atoms with Crippen molar-refractivity contribution in [1.82, 2.24) is 4.57 Å². The Morgan fingerprint density at radius 1 is 0.774 bits per heavy atom. The second kappa shape index (κ2) is 8.07. The van der Waals surface area contributed by atoms with Crippen molar-refractivity contribution in [3.05, 3.63) is 101 Å². The number of hydrogen-bond donors (Lipinski definition) is 1. The number of carbonyl (C=O) groups is 1. The fraction of sp³-hybridized carbons (Fsp3) is 0.0417. The number of carboxylic acid groups (broad SMARTS) is 1. The Hall–Kier alpha value is -3.32. The third kappa shape index (κ3) is 4.14. The molecular formula is C24H15BrF3NO2. The Morgan fingerprint density at radius 2 is 1.29 bits per heavy atom. The Labute approximate surface area is 184 Å². The van der Waals surface area contributed by atoms with Gasteiger partial charge in [-0.2, -0.15) is 13.2 Å². The van der Waals surface area contributed by atoms with E-state index in [0.29, 0.717) is 17.0 Å². The number of nitrogens with zero attached hydrogens (tertiary/aromatic N) is 1. The van der Waals surface area contributed by atoms with Crippen molar-refractivity contribution in [2.24, 2.45) is 0 Å². The molecule has 0 atom stereocenters. The van der Waals surface area contributed by atoms with Crippen LogP contribution in [0, 0.1) is 0 Å². The molecule has 0 aliphatic carbocycles. The first-order chi connectivity index (χ1) is 14.8. The fourth-order valence-corrected chi connectivity index (χ4v) is 3.72. The maximum Gasteiger partial charge on any atom is 0.418 e. The molecule has 0 bridgehead atoms. The number of alkyl halides is 3. The molecule has 0 spiro atoms. The zero-order chi connectivity index (χ0) is 22.2. The zero-order valence-corrected chi connectivity index (χ0v) is 17.5. The first-order valence-electron chi connectivity index (χ1n) is 9.24. The summed E-state index contributed by atoms with van der Waals surface area (Å²) in [6.07, 6.45) is -4.54. The highest BCUT2D eigenvalue weighted by Gasteiger charge is 2.34. The minimum absolute atomic E-state index is 0.00442. The summed E-state index contributed by atoms with van der Waals surface area (Å²) in [5.74, 6) is -1.07. The smallest absolute Gasteiger partial charge is 0.418 e. The Morgan fingerprint density at radius 3 is 1.81 bits per heavy atom. The summed E-state index contributed by atoms with van der Waals surface area (Å²) < 4.78 is 43.9. The van der Waals surface area contributed by atoms with E-state index in [1.807, 2.05) is 24.3 Å². The lowest BCUT2D eigenvalue weighted by Gasteiger charge is -2.19. The van der Waals surface area contributed by atoms with Gasteiger partial charge in [-0.25, -0.2) is 4.79 Å². The maximum atomic E-state index is 13.8. The monoisotopic (exact) mass is 485 g/mol. The quantitative estimate of drug-likeness (QED) is 0.329. The number of benzene rings is 3. The lowest BCUT2D eigenvalue weighted by molar-refractivity contribution is -0.137. The van der Waals surface area contributed by atoms with Crippen LogP contribution in [-0.4, -0.2) is 15.6 Å². The number of hydrogen-bond acceptors (Lipinski definition) is 1. The number of aromatic carboxylic acids is 1. The standard InChI is InChI=1S/C24H15BrF3NO2/c25-18-11-9-16(10-12-18)21-14-13-20(15-5-7-17(8-6-15)23(30)31)29(21)22-4-2-1-3-19(22)24(26,27)28/h1-14H,(H,30,31). The van der Waals surface area contributed by atoms with Gasteiger partial charge >= 0.3 is 12.1 Å². The van der Waals surface area contributed by atoms with Gasteiger partial charge in [-0.05, 0) is 59.7 Å². The molecule has 1 N–H and O–H groups in total. The zero-order valence-electron chi connectivity index (χ0n) is 15.9. The molecule has 1 aromatic heterocycles. The maximum absolute atomic E-state index is 13.8. The van der Waals surface area contributed by atoms with E-state index in [2.05, 4.69) is 15.9 Å². The number of aromatic nitrogens is 1. The molecule has 0 saturated carbocycles. The molecule has 0 saturated heterocycles. The summed E-state index contributed by atoms with van der Waals surface area (Å²) >= 11 is 3.38. The summed E-state index contributed by atoms with van der Waals surface area (Å²) in [6.45, 7) is 0. The van der Waals surface area contributed by atoms with Gasteiger partial charge in [0.1, 0.15) is 0 Å². The average Bonchev–Trinajstić information content (AvgIpc) is 3.18. The largest absolute Gasteiger partial charge is 0.478 e. The van der Waals surface area contributed by atoms with Gasteiger partial charge in [0.15, 0.2) is 0 Å². The highest BCUT2D eigenvalue weighted by atomic mass is 79.9. The highest BCUT2D eigenvalue weighted by Crippen LogP contribution is 2.39. The van der Waals surface area contributed by atoms with Crippen molar-refractivity contribution in [1.29, 1.82) is 0 Å². The van der Waals surface area contributed by atoms with Crippen LogP contribution in [0.3, 0.4) is 0 Å². The van der Waals surface area contributed by atoms with E-state index in [9.17, 15) is 18.0 Å². The van der Waals surface area contributed by atoms with Crippen LogP contribution in [0.15, 0.2) is 89.4 Å². The van der Waals surface area contributed by atoms with E-state index in [-0.39, 0.29) is 11.3 Å². The van der Waals surface area contributed by atoms with Crippen LogP contribution in [0.4, 0.5) is 13.2 Å². The molecule has 0 aliphatic heterocycles. The summed E-state index contributed by atoms with van der Waals surface area (Å²) in [5.41, 5.74) is 1.79. The normalized spacial score (nSPS) is 11.5. The van der Waals surface area contributed by atoms with Crippen molar-refractivity contribution < 1.29 is 23.1 Å². The van der Waals surface area contributed by atoms with Crippen molar-refractivity contribution >= 4 is 21.9 Å². The fourth-order valence-electron chi connectivity index (χ4n) is 3.46. The lowest BCUT2D eigenvalue weighted by atomic mass is 10.1. The first-order valence-corrected chi connectivity index (χ1v) is 10.0. The van der Waals surface area contributed by atoms with Gasteiger partial charge < -0.3 is 9.67 Å². The third-order valence-corrected chi connectivity index (χ3v) is 5.43. The first kappa shape index (κ1) is 20.9. The van der Waals surface area contributed by atoms with Crippen molar-refractivity contribution in [3.63, 3.8) is 0 Å². The Balaban J connectivity index is 1.98. The van der Waals surface area contributed by atoms with E-state index < -0.39 is 17.7 Å². The van der Waals surface area contributed by atoms with E-state index in [1.165, 1.54) is 24.3 Å².